The number of halogens is 3. The molecule has 0 aliphatic carbocycles. The van der Waals surface area contributed by atoms with Crippen LogP contribution in [0.3, 0.4) is 0 Å². The van der Waals surface area contributed by atoms with Crippen molar-refractivity contribution in [3.63, 3.8) is 0 Å². The number of nitrogens with zero attached hydrogens (tertiary/aromatic N) is 6. The Hall–Kier alpha value is -2.68. The van der Waals surface area contributed by atoms with Crippen LogP contribution in [-0.4, -0.2) is 64.9 Å². The van der Waals surface area contributed by atoms with Crippen LogP contribution in [0.5, 0.6) is 0 Å². The van der Waals surface area contributed by atoms with E-state index in [0.29, 0.717) is 23.4 Å². The van der Waals surface area contributed by atoms with Gasteiger partial charge in [0.25, 0.3) is 0 Å². The first-order chi connectivity index (χ1) is 18.3. The van der Waals surface area contributed by atoms with E-state index in [1.165, 1.54) is 6.07 Å². The van der Waals surface area contributed by atoms with Crippen LogP contribution < -0.4 is 14.7 Å². The Bertz CT molecular complexity index is 1290. The molecular weight excluding hydrogens is 526 g/mol. The minimum absolute atomic E-state index is 0.0764. The van der Waals surface area contributed by atoms with E-state index in [0.717, 1.165) is 73.9 Å². The predicted octanol–water partition coefficient (Wildman–Crippen LogP) is 5.61. The lowest BCUT2D eigenvalue weighted by molar-refractivity contribution is 0.288. The molecule has 0 radical (unpaired) electrons. The molecule has 0 spiro atoms. The SMILES string of the molecule is C[C@@H]1CN(c2ncc(CCCO)cc2Cl)CCN1c1cc(-c2ccc(F)c(Cl)c2)nc(N2CCC[C@H]2C)n1. The van der Waals surface area contributed by atoms with Gasteiger partial charge in [0, 0.05) is 62.7 Å². The Kier molecular flexibility index (Phi) is 8.21. The van der Waals surface area contributed by atoms with E-state index in [9.17, 15) is 4.39 Å². The quantitative estimate of drug-likeness (QED) is 0.404. The summed E-state index contributed by atoms with van der Waals surface area (Å²) in [6.45, 7) is 7.65. The summed E-state index contributed by atoms with van der Waals surface area (Å²) in [5, 5.41) is 9.81. The molecule has 0 saturated carbocycles. The molecule has 2 fully saturated rings. The molecule has 2 saturated heterocycles. The van der Waals surface area contributed by atoms with E-state index in [4.69, 9.17) is 38.3 Å². The Balaban J connectivity index is 1.42. The minimum atomic E-state index is -0.448. The van der Waals surface area contributed by atoms with Crippen molar-refractivity contribution in [2.24, 2.45) is 0 Å². The van der Waals surface area contributed by atoms with Gasteiger partial charge in [0.15, 0.2) is 0 Å². The topological polar surface area (TPSA) is 68.6 Å². The maximum Gasteiger partial charge on any atom is 0.228 e. The highest BCUT2D eigenvalue weighted by atomic mass is 35.5. The number of aliphatic hydroxyl groups is 1. The highest BCUT2D eigenvalue weighted by molar-refractivity contribution is 6.33. The van der Waals surface area contributed by atoms with Gasteiger partial charge in [-0.3, -0.25) is 0 Å². The zero-order chi connectivity index (χ0) is 26.8. The Labute approximate surface area is 233 Å². The third-order valence-corrected chi connectivity index (χ3v) is 8.02. The molecule has 0 unspecified atom stereocenters. The molecule has 7 nitrogen and oxygen atoms in total. The van der Waals surface area contributed by atoms with Gasteiger partial charge in [0.2, 0.25) is 5.95 Å². The lowest BCUT2D eigenvalue weighted by atomic mass is 10.1. The normalized spacial score (nSPS) is 19.9. The number of aromatic nitrogens is 3. The van der Waals surface area contributed by atoms with E-state index in [1.54, 1.807) is 12.1 Å². The molecular formula is C28H33Cl2FN6O. The Morgan fingerprint density at radius 3 is 2.53 bits per heavy atom. The van der Waals surface area contributed by atoms with Crippen molar-refractivity contribution in [1.82, 2.24) is 15.0 Å². The number of benzene rings is 1. The van der Waals surface area contributed by atoms with Gasteiger partial charge in [-0.15, -0.1) is 0 Å². The van der Waals surface area contributed by atoms with Crippen LogP contribution in [0, 0.1) is 5.82 Å². The number of hydrogen-bond donors (Lipinski definition) is 1. The van der Waals surface area contributed by atoms with Crippen molar-refractivity contribution in [2.45, 2.75) is 51.6 Å². The Morgan fingerprint density at radius 1 is 1.00 bits per heavy atom. The maximum absolute atomic E-state index is 13.9. The number of pyridine rings is 1. The molecule has 2 aromatic heterocycles. The molecule has 2 aliphatic heterocycles. The van der Waals surface area contributed by atoms with Crippen molar-refractivity contribution >= 4 is 40.8 Å². The molecule has 0 bridgehead atoms. The molecule has 1 N–H and O–H groups in total. The summed E-state index contributed by atoms with van der Waals surface area (Å²) in [7, 11) is 0. The first-order valence-corrected chi connectivity index (χ1v) is 14.0. The molecule has 2 atom stereocenters. The molecule has 10 heteroatoms. The number of piperazine rings is 1. The standard InChI is InChI=1S/C28H33Cl2FN6O/c1-18-5-3-9-37(18)28-33-25(21-7-8-24(31)22(29)14-21)15-26(34-28)36-11-10-35(17-19(36)2)27-23(30)13-20(16-32-27)6-4-12-38/h7-8,13-16,18-19,38H,3-6,9-12,17H2,1-2H3/t18-,19-/m1/s1. The molecule has 3 aromatic rings. The summed E-state index contributed by atoms with van der Waals surface area (Å²) in [6.07, 6.45) is 5.50. The van der Waals surface area contributed by atoms with E-state index < -0.39 is 5.82 Å². The van der Waals surface area contributed by atoms with Gasteiger partial charge in [-0.1, -0.05) is 23.2 Å². The van der Waals surface area contributed by atoms with Crippen molar-refractivity contribution in [1.29, 1.82) is 0 Å². The average molecular weight is 560 g/mol. The molecule has 2 aliphatic rings. The number of hydrogen-bond acceptors (Lipinski definition) is 7. The lowest BCUT2D eigenvalue weighted by Gasteiger charge is -2.41. The van der Waals surface area contributed by atoms with Crippen molar-refractivity contribution in [2.75, 3.05) is 47.5 Å². The van der Waals surface area contributed by atoms with Gasteiger partial charge in [0.1, 0.15) is 17.5 Å². The first kappa shape index (κ1) is 26.9. The second kappa shape index (κ2) is 11.6. The summed E-state index contributed by atoms with van der Waals surface area (Å²) in [5.41, 5.74) is 2.51. The zero-order valence-electron chi connectivity index (χ0n) is 21.7. The summed E-state index contributed by atoms with van der Waals surface area (Å²) in [6, 6.07) is 9.14. The van der Waals surface area contributed by atoms with Crippen molar-refractivity contribution in [3.8, 4) is 11.3 Å². The summed E-state index contributed by atoms with van der Waals surface area (Å²) < 4.78 is 13.9. The number of anilines is 3. The molecule has 38 heavy (non-hydrogen) atoms. The van der Waals surface area contributed by atoms with Crippen molar-refractivity contribution < 1.29 is 9.50 Å². The van der Waals surface area contributed by atoms with E-state index >= 15 is 0 Å². The van der Waals surface area contributed by atoms with Gasteiger partial charge in [-0.2, -0.15) is 4.98 Å². The molecule has 0 amide bonds. The van der Waals surface area contributed by atoms with E-state index in [-0.39, 0.29) is 17.7 Å². The van der Waals surface area contributed by atoms with Gasteiger partial charge in [-0.05, 0) is 69.4 Å². The number of aryl methyl sites for hydroxylation is 1. The highest BCUT2D eigenvalue weighted by Crippen LogP contribution is 2.33. The second-order valence-electron chi connectivity index (χ2n) is 10.2. The van der Waals surface area contributed by atoms with Crippen LogP contribution in [0.25, 0.3) is 11.3 Å². The highest BCUT2D eigenvalue weighted by Gasteiger charge is 2.29. The first-order valence-electron chi connectivity index (χ1n) is 13.2. The van der Waals surface area contributed by atoms with Crippen molar-refractivity contribution in [3.05, 3.63) is 58.0 Å². The fraction of sp³-hybridized carbons (Fsp3) is 0.464. The van der Waals surface area contributed by atoms with Gasteiger partial charge >= 0.3 is 0 Å². The lowest BCUT2D eigenvalue weighted by Crippen LogP contribution is -2.52. The van der Waals surface area contributed by atoms with Crippen LogP contribution in [0.15, 0.2) is 36.5 Å². The third-order valence-electron chi connectivity index (χ3n) is 7.45. The summed E-state index contributed by atoms with van der Waals surface area (Å²) >= 11 is 12.7. The van der Waals surface area contributed by atoms with Gasteiger partial charge in [0.05, 0.1) is 15.7 Å². The second-order valence-corrected chi connectivity index (χ2v) is 11.0. The van der Waals surface area contributed by atoms with Crippen LogP contribution >= 0.6 is 23.2 Å². The van der Waals surface area contributed by atoms with E-state index in [1.807, 2.05) is 18.3 Å². The zero-order valence-corrected chi connectivity index (χ0v) is 23.3. The molecule has 202 valence electrons. The monoisotopic (exact) mass is 558 g/mol. The molecule has 4 heterocycles. The third kappa shape index (κ3) is 5.67. The van der Waals surface area contributed by atoms with Crippen LogP contribution in [0.1, 0.15) is 38.7 Å². The van der Waals surface area contributed by atoms with Crippen LogP contribution in [0.4, 0.5) is 22.0 Å². The van der Waals surface area contributed by atoms with Gasteiger partial charge in [-0.25, -0.2) is 14.4 Å². The average Bonchev–Trinajstić information content (AvgIpc) is 3.34. The number of rotatable bonds is 7. The fourth-order valence-corrected chi connectivity index (χ4v) is 5.83. The molecule has 5 rings (SSSR count). The minimum Gasteiger partial charge on any atom is -0.396 e. The summed E-state index contributed by atoms with van der Waals surface area (Å²) in [5.74, 6) is 1.87. The Morgan fingerprint density at radius 2 is 1.84 bits per heavy atom. The van der Waals surface area contributed by atoms with Crippen LogP contribution in [-0.2, 0) is 6.42 Å². The molecule has 1 aromatic carbocycles. The smallest absolute Gasteiger partial charge is 0.228 e. The summed E-state index contributed by atoms with van der Waals surface area (Å²) in [4.78, 5) is 21.3. The predicted molar refractivity (Wildman–Crippen MR) is 152 cm³/mol. The van der Waals surface area contributed by atoms with Gasteiger partial charge < -0.3 is 19.8 Å². The number of aliphatic hydroxyl groups excluding tert-OH is 1. The largest absolute Gasteiger partial charge is 0.396 e. The maximum atomic E-state index is 13.9. The van der Waals surface area contributed by atoms with E-state index in [2.05, 4.69) is 33.5 Å². The van der Waals surface area contributed by atoms with Crippen LogP contribution in [0.2, 0.25) is 10.0 Å². The fourth-order valence-electron chi connectivity index (χ4n) is 5.34.